The van der Waals surface area contributed by atoms with E-state index in [1.54, 1.807) is 12.1 Å². The monoisotopic (exact) mass is 347 g/mol. The van der Waals surface area contributed by atoms with Gasteiger partial charge in [0.2, 0.25) is 5.91 Å². The Balaban J connectivity index is 2.10. The number of benzene rings is 3. The van der Waals surface area contributed by atoms with Crippen LogP contribution in [0.2, 0.25) is 5.02 Å². The molecule has 4 rings (SSSR count). The summed E-state index contributed by atoms with van der Waals surface area (Å²) in [5.41, 5.74) is 10.3. The Labute approximate surface area is 150 Å². The van der Waals surface area contributed by atoms with Crippen LogP contribution >= 0.6 is 11.6 Å². The summed E-state index contributed by atoms with van der Waals surface area (Å²) in [5.74, 6) is -0.450. The first kappa shape index (κ1) is 15.7. The number of aromatic nitrogens is 1. The maximum absolute atomic E-state index is 11.9. The summed E-state index contributed by atoms with van der Waals surface area (Å²) in [6.07, 6.45) is 0. The van der Waals surface area contributed by atoms with Crippen LogP contribution in [0.15, 0.2) is 54.6 Å². The van der Waals surface area contributed by atoms with E-state index in [9.17, 15) is 4.79 Å². The van der Waals surface area contributed by atoms with Crippen molar-refractivity contribution < 1.29 is 4.79 Å². The number of hydrogen-bond acceptors (Lipinski definition) is 1. The second-order valence-corrected chi connectivity index (χ2v) is 6.53. The Morgan fingerprint density at radius 3 is 2.72 bits per heavy atom. The van der Waals surface area contributed by atoms with Gasteiger partial charge in [-0.25, -0.2) is 0 Å². The molecule has 1 amide bonds. The average Bonchev–Trinajstić information content (AvgIpc) is 2.92. The van der Waals surface area contributed by atoms with Crippen LogP contribution in [0.4, 0.5) is 0 Å². The lowest BCUT2D eigenvalue weighted by Gasteiger charge is -2.11. The van der Waals surface area contributed by atoms with Gasteiger partial charge in [0, 0.05) is 22.9 Å². The third-order valence-corrected chi connectivity index (χ3v) is 4.93. The molecule has 3 nitrogen and oxygen atoms in total. The summed E-state index contributed by atoms with van der Waals surface area (Å²) in [4.78, 5) is 11.9. The number of halogens is 1. The number of aryl methyl sites for hydroxylation is 1. The number of nitrogens with zero attached hydrogens (tertiary/aromatic N) is 1. The van der Waals surface area contributed by atoms with E-state index in [-0.39, 0.29) is 0 Å². The van der Waals surface area contributed by atoms with Gasteiger partial charge in [-0.1, -0.05) is 48.0 Å². The fraction of sp³-hybridized carbons (Fsp3) is 0.0952. The highest BCUT2D eigenvalue weighted by Gasteiger charge is 2.18. The lowest BCUT2D eigenvalue weighted by atomic mass is 10.1. The van der Waals surface area contributed by atoms with E-state index < -0.39 is 5.91 Å². The standard InChI is InChI=1S/C21H16ClN2O/c1-13-6-2-3-7-14(13)12-24-18-11-5-9-16(21(23)25)19(18)15-8-4-10-17(22)20(15)24/h2-7,9-11H,12H2,1H3,(H2,23,25). The van der Waals surface area contributed by atoms with Crippen molar-refractivity contribution in [2.24, 2.45) is 5.73 Å². The molecule has 25 heavy (non-hydrogen) atoms. The summed E-state index contributed by atoms with van der Waals surface area (Å²) in [6, 6.07) is 20.7. The van der Waals surface area contributed by atoms with Crippen LogP contribution in [0.25, 0.3) is 21.8 Å². The molecule has 0 aliphatic rings. The molecule has 0 unspecified atom stereocenters. The van der Waals surface area contributed by atoms with Crippen LogP contribution in [0.5, 0.6) is 0 Å². The number of primary amides is 1. The summed E-state index contributed by atoms with van der Waals surface area (Å²) >= 11 is 6.51. The highest BCUT2D eigenvalue weighted by molar-refractivity contribution is 6.36. The summed E-state index contributed by atoms with van der Waals surface area (Å²) in [5, 5.41) is 2.26. The zero-order valence-corrected chi connectivity index (χ0v) is 14.5. The van der Waals surface area contributed by atoms with Crippen LogP contribution in [0.3, 0.4) is 0 Å². The number of carbonyl (C=O) groups excluding carboxylic acids is 1. The SMILES string of the molecule is Cc1ccccc1Cn1c2cccc(C(N)=O)c2c2[c]ccc(Cl)c21. The van der Waals surface area contributed by atoms with E-state index in [1.807, 2.05) is 30.3 Å². The van der Waals surface area contributed by atoms with Gasteiger partial charge in [0.05, 0.1) is 16.1 Å². The lowest BCUT2D eigenvalue weighted by Crippen LogP contribution is -2.11. The van der Waals surface area contributed by atoms with Gasteiger partial charge in [-0.15, -0.1) is 0 Å². The molecule has 0 spiro atoms. The van der Waals surface area contributed by atoms with Crippen molar-refractivity contribution in [2.45, 2.75) is 13.5 Å². The topological polar surface area (TPSA) is 48.0 Å². The van der Waals surface area contributed by atoms with Crippen molar-refractivity contribution >= 4 is 39.3 Å². The smallest absolute Gasteiger partial charge is 0.249 e. The van der Waals surface area contributed by atoms with E-state index in [1.165, 1.54) is 11.1 Å². The van der Waals surface area contributed by atoms with E-state index in [0.29, 0.717) is 17.1 Å². The number of hydrogen-bond donors (Lipinski definition) is 1. The van der Waals surface area contributed by atoms with Gasteiger partial charge in [0.1, 0.15) is 0 Å². The van der Waals surface area contributed by atoms with Crippen molar-refractivity contribution in [1.82, 2.24) is 4.57 Å². The van der Waals surface area contributed by atoms with Gasteiger partial charge in [-0.05, 0) is 42.3 Å². The van der Waals surface area contributed by atoms with Gasteiger partial charge in [-0.3, -0.25) is 4.79 Å². The molecule has 0 aliphatic heterocycles. The molecule has 0 aliphatic carbocycles. The minimum atomic E-state index is -0.450. The molecular weight excluding hydrogens is 332 g/mol. The highest BCUT2D eigenvalue weighted by Crippen LogP contribution is 2.35. The number of rotatable bonds is 3. The third kappa shape index (κ3) is 2.48. The fourth-order valence-corrected chi connectivity index (χ4v) is 3.65. The van der Waals surface area contributed by atoms with E-state index >= 15 is 0 Å². The Kier molecular flexibility index (Phi) is 3.74. The molecule has 0 fully saturated rings. The predicted octanol–water partition coefficient (Wildman–Crippen LogP) is 4.70. The van der Waals surface area contributed by atoms with Gasteiger partial charge >= 0.3 is 0 Å². The third-order valence-electron chi connectivity index (χ3n) is 4.63. The van der Waals surface area contributed by atoms with Gasteiger partial charge in [0.15, 0.2) is 0 Å². The van der Waals surface area contributed by atoms with Crippen LogP contribution in [0, 0.1) is 13.0 Å². The Morgan fingerprint density at radius 2 is 1.96 bits per heavy atom. The van der Waals surface area contributed by atoms with Gasteiger partial charge < -0.3 is 10.3 Å². The molecule has 4 aromatic rings. The minimum absolute atomic E-state index is 0.450. The largest absolute Gasteiger partial charge is 0.366 e. The number of amides is 1. The Bertz CT molecular complexity index is 1130. The summed E-state index contributed by atoms with van der Waals surface area (Å²) in [6.45, 7) is 2.75. The molecule has 0 bridgehead atoms. The van der Waals surface area contributed by atoms with E-state index in [2.05, 4.69) is 29.7 Å². The fourth-order valence-electron chi connectivity index (χ4n) is 3.39. The zero-order valence-electron chi connectivity index (χ0n) is 13.7. The summed E-state index contributed by atoms with van der Waals surface area (Å²) < 4.78 is 2.14. The lowest BCUT2D eigenvalue weighted by molar-refractivity contribution is 0.100. The molecule has 4 heteroatoms. The Hall–Kier alpha value is -2.78. The van der Waals surface area contributed by atoms with Gasteiger partial charge in [-0.2, -0.15) is 0 Å². The van der Waals surface area contributed by atoms with Crippen LogP contribution in [-0.2, 0) is 6.54 Å². The quantitative estimate of drug-likeness (QED) is 0.573. The second-order valence-electron chi connectivity index (χ2n) is 6.13. The molecular formula is C21H16ClN2O. The van der Waals surface area contributed by atoms with Crippen molar-refractivity contribution in [3.05, 3.63) is 82.4 Å². The van der Waals surface area contributed by atoms with Crippen molar-refractivity contribution in [3.63, 3.8) is 0 Å². The van der Waals surface area contributed by atoms with Crippen LogP contribution in [-0.4, -0.2) is 10.5 Å². The minimum Gasteiger partial charge on any atom is -0.366 e. The van der Waals surface area contributed by atoms with Crippen molar-refractivity contribution in [1.29, 1.82) is 0 Å². The summed E-state index contributed by atoms with van der Waals surface area (Å²) in [7, 11) is 0. The highest BCUT2D eigenvalue weighted by atomic mass is 35.5. The number of carbonyl (C=O) groups is 1. The normalized spacial score (nSPS) is 11.3. The number of nitrogens with two attached hydrogens (primary N) is 1. The zero-order chi connectivity index (χ0) is 17.6. The first-order valence-corrected chi connectivity index (χ1v) is 8.41. The average molecular weight is 348 g/mol. The molecule has 3 aromatic carbocycles. The maximum Gasteiger partial charge on any atom is 0.249 e. The molecule has 0 atom stereocenters. The molecule has 123 valence electrons. The van der Waals surface area contributed by atoms with Crippen molar-refractivity contribution in [3.8, 4) is 0 Å². The molecule has 1 aromatic heterocycles. The molecule has 1 radical (unpaired) electrons. The van der Waals surface area contributed by atoms with Crippen LogP contribution < -0.4 is 5.73 Å². The maximum atomic E-state index is 11.9. The van der Waals surface area contributed by atoms with Crippen molar-refractivity contribution in [2.75, 3.05) is 0 Å². The number of fused-ring (bicyclic) bond motifs is 3. The van der Waals surface area contributed by atoms with E-state index in [4.69, 9.17) is 17.3 Å². The molecule has 2 N–H and O–H groups in total. The van der Waals surface area contributed by atoms with Gasteiger partial charge in [0.25, 0.3) is 0 Å². The molecule has 0 saturated heterocycles. The predicted molar refractivity (Wildman–Crippen MR) is 102 cm³/mol. The Morgan fingerprint density at radius 1 is 1.16 bits per heavy atom. The molecule has 1 heterocycles. The van der Waals surface area contributed by atoms with Crippen LogP contribution in [0.1, 0.15) is 21.5 Å². The first-order valence-electron chi connectivity index (χ1n) is 8.03. The second kappa shape index (κ2) is 5.94. The van der Waals surface area contributed by atoms with E-state index in [0.717, 1.165) is 21.8 Å². The first-order chi connectivity index (χ1) is 12.1. The molecule has 0 saturated carbocycles.